The minimum Gasteiger partial charge on any atom is -0.444 e. The summed E-state index contributed by atoms with van der Waals surface area (Å²) < 4.78 is 13.1. The fourth-order valence-corrected chi connectivity index (χ4v) is 3.34. The lowest BCUT2D eigenvalue weighted by Crippen LogP contribution is -2.49. The number of hydrogen-bond donors (Lipinski definition) is 1. The Kier molecular flexibility index (Phi) is 5.73. The van der Waals surface area contributed by atoms with Crippen LogP contribution < -0.4 is 5.32 Å². The SMILES string of the molecule is Cn1cc(-c2cc3nccnc3c(NC[C@@H]3CN(C(=O)OC(C)(C)C)CCO3)n2)cn1. The van der Waals surface area contributed by atoms with Crippen LogP contribution in [0.15, 0.2) is 30.9 Å². The van der Waals surface area contributed by atoms with E-state index in [9.17, 15) is 4.79 Å². The zero-order chi connectivity index (χ0) is 22.0. The van der Waals surface area contributed by atoms with Crippen molar-refractivity contribution < 1.29 is 14.3 Å². The molecule has 10 nitrogen and oxygen atoms in total. The number of morpholine rings is 1. The summed E-state index contributed by atoms with van der Waals surface area (Å²) >= 11 is 0. The minimum absolute atomic E-state index is 0.197. The van der Waals surface area contributed by atoms with Gasteiger partial charge in [0.05, 0.1) is 36.7 Å². The lowest BCUT2D eigenvalue weighted by Gasteiger charge is -2.34. The normalized spacial score (nSPS) is 17.0. The van der Waals surface area contributed by atoms with Gasteiger partial charge in [-0.2, -0.15) is 5.10 Å². The Hall–Kier alpha value is -3.27. The Labute approximate surface area is 180 Å². The fourth-order valence-electron chi connectivity index (χ4n) is 3.34. The Bertz CT molecular complexity index is 1080. The summed E-state index contributed by atoms with van der Waals surface area (Å²) in [5, 5.41) is 7.56. The van der Waals surface area contributed by atoms with E-state index >= 15 is 0 Å². The van der Waals surface area contributed by atoms with Crippen molar-refractivity contribution in [2.24, 2.45) is 7.05 Å². The number of rotatable bonds is 4. The van der Waals surface area contributed by atoms with Gasteiger partial charge in [-0.25, -0.2) is 14.8 Å². The topological polar surface area (TPSA) is 107 Å². The number of anilines is 1. The highest BCUT2D eigenvalue weighted by atomic mass is 16.6. The first-order chi connectivity index (χ1) is 14.8. The van der Waals surface area contributed by atoms with Crippen LogP contribution in [0.3, 0.4) is 0 Å². The Morgan fingerprint density at radius 2 is 2.13 bits per heavy atom. The quantitative estimate of drug-likeness (QED) is 0.679. The summed E-state index contributed by atoms with van der Waals surface area (Å²) in [4.78, 5) is 27.7. The van der Waals surface area contributed by atoms with E-state index in [1.165, 1.54) is 0 Å². The molecule has 164 valence electrons. The second-order valence-electron chi connectivity index (χ2n) is 8.48. The smallest absolute Gasteiger partial charge is 0.410 e. The summed E-state index contributed by atoms with van der Waals surface area (Å²) in [5.74, 6) is 0.613. The van der Waals surface area contributed by atoms with E-state index in [1.807, 2.05) is 40.1 Å². The molecular formula is C21H27N7O3. The first kappa shape index (κ1) is 21.0. The van der Waals surface area contributed by atoms with Crippen LogP contribution >= 0.6 is 0 Å². The van der Waals surface area contributed by atoms with Crippen molar-refractivity contribution in [2.45, 2.75) is 32.5 Å². The highest BCUT2D eigenvalue weighted by molar-refractivity contribution is 5.88. The molecule has 4 rings (SSSR count). The highest BCUT2D eigenvalue weighted by Crippen LogP contribution is 2.25. The molecule has 0 radical (unpaired) electrons. The van der Waals surface area contributed by atoms with E-state index in [0.717, 1.165) is 16.8 Å². The summed E-state index contributed by atoms with van der Waals surface area (Å²) in [7, 11) is 1.86. The number of carbonyl (C=O) groups excluding carboxylic acids is 1. The van der Waals surface area contributed by atoms with E-state index in [2.05, 4.69) is 20.4 Å². The van der Waals surface area contributed by atoms with Crippen molar-refractivity contribution in [3.8, 4) is 11.3 Å². The van der Waals surface area contributed by atoms with Crippen LogP contribution in [0.5, 0.6) is 0 Å². The van der Waals surface area contributed by atoms with Crippen LogP contribution in [0.4, 0.5) is 10.6 Å². The molecule has 0 aliphatic carbocycles. The van der Waals surface area contributed by atoms with Crippen molar-refractivity contribution in [1.82, 2.24) is 29.6 Å². The average molecular weight is 425 g/mol. The first-order valence-electron chi connectivity index (χ1n) is 10.2. The number of pyridine rings is 1. The molecule has 1 saturated heterocycles. The third kappa shape index (κ3) is 5.08. The number of fused-ring (bicyclic) bond motifs is 1. The van der Waals surface area contributed by atoms with E-state index in [1.54, 1.807) is 28.2 Å². The van der Waals surface area contributed by atoms with Crippen LogP contribution in [0, 0.1) is 0 Å². The van der Waals surface area contributed by atoms with Gasteiger partial charge in [-0.3, -0.25) is 9.67 Å². The molecule has 1 aliphatic rings. The minimum atomic E-state index is -0.530. The van der Waals surface area contributed by atoms with Gasteiger partial charge in [0.25, 0.3) is 0 Å². The van der Waals surface area contributed by atoms with Gasteiger partial charge in [0.15, 0.2) is 5.82 Å². The van der Waals surface area contributed by atoms with Gasteiger partial charge in [0.1, 0.15) is 11.1 Å². The van der Waals surface area contributed by atoms with Crippen molar-refractivity contribution in [3.05, 3.63) is 30.9 Å². The molecule has 0 spiro atoms. The zero-order valence-corrected chi connectivity index (χ0v) is 18.2. The maximum absolute atomic E-state index is 12.4. The Morgan fingerprint density at radius 3 is 2.87 bits per heavy atom. The van der Waals surface area contributed by atoms with E-state index < -0.39 is 5.60 Å². The molecule has 4 heterocycles. The van der Waals surface area contributed by atoms with Crippen molar-refractivity contribution >= 4 is 22.9 Å². The molecule has 1 aliphatic heterocycles. The van der Waals surface area contributed by atoms with Crippen LogP contribution in [0.25, 0.3) is 22.3 Å². The first-order valence-corrected chi connectivity index (χ1v) is 10.2. The monoisotopic (exact) mass is 425 g/mol. The summed E-state index contributed by atoms with van der Waals surface area (Å²) in [6.45, 7) is 7.44. The molecule has 31 heavy (non-hydrogen) atoms. The molecule has 1 atom stereocenters. The molecule has 0 unspecified atom stereocenters. The largest absolute Gasteiger partial charge is 0.444 e. The third-order valence-corrected chi connectivity index (χ3v) is 4.74. The molecule has 1 N–H and O–H groups in total. The fraction of sp³-hybridized carbons (Fsp3) is 0.476. The molecule has 0 saturated carbocycles. The van der Waals surface area contributed by atoms with Gasteiger partial charge in [-0.1, -0.05) is 0 Å². The lowest BCUT2D eigenvalue weighted by molar-refractivity contribution is -0.0371. The number of nitrogens with one attached hydrogen (secondary N) is 1. The second-order valence-corrected chi connectivity index (χ2v) is 8.48. The molecule has 1 amide bonds. The van der Waals surface area contributed by atoms with Crippen LogP contribution in [0.2, 0.25) is 0 Å². The predicted octanol–water partition coefficient (Wildman–Crippen LogP) is 2.47. The molecule has 1 fully saturated rings. The average Bonchev–Trinajstić information content (AvgIpc) is 3.17. The maximum Gasteiger partial charge on any atom is 0.410 e. The molecule has 0 aromatic carbocycles. The lowest BCUT2D eigenvalue weighted by atomic mass is 10.2. The zero-order valence-electron chi connectivity index (χ0n) is 18.2. The maximum atomic E-state index is 12.4. The molecule has 3 aromatic rings. The number of amides is 1. The second kappa shape index (κ2) is 8.46. The number of aromatic nitrogens is 5. The highest BCUT2D eigenvalue weighted by Gasteiger charge is 2.28. The Morgan fingerprint density at radius 1 is 1.32 bits per heavy atom. The number of ether oxygens (including phenoxy) is 2. The standard InChI is InChI=1S/C21H27N7O3/c1-21(2,3)31-20(29)28-7-8-30-15(13-28)11-24-19-18-17(22-5-6-23-18)9-16(26-19)14-10-25-27(4)12-14/h5-6,9-10,12,15H,7-8,11,13H2,1-4H3,(H,24,26)/t15-/m1/s1. The van der Waals surface area contributed by atoms with Crippen molar-refractivity contribution in [2.75, 3.05) is 31.6 Å². The molecular weight excluding hydrogens is 398 g/mol. The Balaban J connectivity index is 1.50. The number of hydrogen-bond acceptors (Lipinski definition) is 8. The summed E-state index contributed by atoms with van der Waals surface area (Å²) in [6, 6.07) is 1.89. The third-order valence-electron chi connectivity index (χ3n) is 4.74. The van der Waals surface area contributed by atoms with E-state index in [-0.39, 0.29) is 12.2 Å². The van der Waals surface area contributed by atoms with Gasteiger partial charge in [0.2, 0.25) is 0 Å². The summed E-state index contributed by atoms with van der Waals surface area (Å²) in [5.41, 5.74) is 2.53. The molecule has 0 bridgehead atoms. The van der Waals surface area contributed by atoms with Gasteiger partial charge >= 0.3 is 6.09 Å². The number of carbonyl (C=O) groups is 1. The number of nitrogens with zero attached hydrogens (tertiary/aromatic N) is 6. The molecule has 10 heteroatoms. The summed E-state index contributed by atoms with van der Waals surface area (Å²) in [6.07, 6.45) is 6.43. The molecule has 3 aromatic heterocycles. The van der Waals surface area contributed by atoms with Gasteiger partial charge in [-0.05, 0) is 26.8 Å². The van der Waals surface area contributed by atoms with Gasteiger partial charge in [-0.15, -0.1) is 0 Å². The predicted molar refractivity (Wildman–Crippen MR) is 116 cm³/mol. The van der Waals surface area contributed by atoms with Crippen molar-refractivity contribution in [3.63, 3.8) is 0 Å². The van der Waals surface area contributed by atoms with E-state index in [0.29, 0.717) is 37.6 Å². The van der Waals surface area contributed by atoms with Gasteiger partial charge < -0.3 is 19.7 Å². The van der Waals surface area contributed by atoms with Crippen molar-refractivity contribution in [1.29, 1.82) is 0 Å². The van der Waals surface area contributed by atoms with Crippen LogP contribution in [-0.2, 0) is 16.5 Å². The van der Waals surface area contributed by atoms with E-state index in [4.69, 9.17) is 14.5 Å². The van der Waals surface area contributed by atoms with Crippen LogP contribution in [0.1, 0.15) is 20.8 Å². The van der Waals surface area contributed by atoms with Crippen LogP contribution in [-0.4, -0.2) is 73.7 Å². The number of aryl methyl sites for hydroxylation is 1. The van der Waals surface area contributed by atoms with Gasteiger partial charge in [0, 0.05) is 44.3 Å².